The molecule has 1 aliphatic rings. The monoisotopic (exact) mass is 129 g/mol. The molecular weight excluding hydrogens is 114 g/mol. The largest absolute Gasteiger partial charge is 0.381 e. The van der Waals surface area contributed by atoms with Gasteiger partial charge in [-0.15, -0.1) is 0 Å². The first-order valence-electron chi connectivity index (χ1n) is 3.53. The van der Waals surface area contributed by atoms with E-state index in [1.54, 1.807) is 0 Å². The maximum atomic E-state index is 5.23. The minimum atomic E-state index is 0.345. The van der Waals surface area contributed by atoms with Crippen molar-refractivity contribution >= 4 is 0 Å². The summed E-state index contributed by atoms with van der Waals surface area (Å²) in [5.41, 5.74) is 0.345. The molecular formula is C7H15NO. The molecule has 2 heteroatoms. The van der Waals surface area contributed by atoms with Crippen molar-refractivity contribution in [2.75, 3.05) is 20.3 Å². The minimum Gasteiger partial charge on any atom is -0.381 e. The van der Waals surface area contributed by atoms with Gasteiger partial charge >= 0.3 is 0 Å². The lowest BCUT2D eigenvalue weighted by Crippen LogP contribution is -2.44. The molecule has 0 aromatic carbocycles. The van der Waals surface area contributed by atoms with Gasteiger partial charge < -0.3 is 10.1 Å². The molecule has 2 nitrogen and oxygen atoms in total. The first-order chi connectivity index (χ1) is 4.27. The maximum Gasteiger partial charge on any atom is 0.0483 e. The lowest BCUT2D eigenvalue weighted by molar-refractivity contribution is 0.0483. The Kier molecular flexibility index (Phi) is 2.09. The van der Waals surface area contributed by atoms with E-state index in [0.29, 0.717) is 5.54 Å². The third-order valence-corrected chi connectivity index (χ3v) is 2.20. The van der Waals surface area contributed by atoms with Gasteiger partial charge in [0.2, 0.25) is 0 Å². The quantitative estimate of drug-likeness (QED) is 0.564. The van der Waals surface area contributed by atoms with E-state index in [2.05, 4.69) is 12.2 Å². The zero-order valence-corrected chi connectivity index (χ0v) is 6.24. The maximum absolute atomic E-state index is 5.23. The predicted octanol–water partition coefficient (Wildman–Crippen LogP) is 0.775. The van der Waals surface area contributed by atoms with Crippen molar-refractivity contribution in [2.45, 2.75) is 25.3 Å². The van der Waals surface area contributed by atoms with Gasteiger partial charge in [0, 0.05) is 18.8 Å². The summed E-state index contributed by atoms with van der Waals surface area (Å²) in [4.78, 5) is 0. The number of hydrogen-bond acceptors (Lipinski definition) is 2. The van der Waals surface area contributed by atoms with Crippen LogP contribution < -0.4 is 5.32 Å². The normalized spacial score (nSPS) is 26.0. The van der Waals surface area contributed by atoms with Gasteiger partial charge in [-0.1, -0.05) is 0 Å². The van der Waals surface area contributed by atoms with Crippen molar-refractivity contribution in [3.8, 4) is 0 Å². The zero-order chi connectivity index (χ0) is 6.74. The van der Waals surface area contributed by atoms with Crippen LogP contribution in [0.5, 0.6) is 0 Å². The van der Waals surface area contributed by atoms with Gasteiger partial charge in [0.15, 0.2) is 0 Å². The van der Waals surface area contributed by atoms with E-state index in [4.69, 9.17) is 4.74 Å². The van der Waals surface area contributed by atoms with Crippen LogP contribution in [0.15, 0.2) is 0 Å². The van der Waals surface area contributed by atoms with Crippen LogP contribution in [0.2, 0.25) is 0 Å². The Bertz CT molecular complexity index is 86.9. The fraction of sp³-hybridized carbons (Fsp3) is 1.00. The highest BCUT2D eigenvalue weighted by molar-refractivity contribution is 4.83. The summed E-state index contributed by atoms with van der Waals surface area (Å²) in [5, 5.41) is 3.30. The highest BCUT2D eigenvalue weighted by Crippen LogP contribution is 2.18. The second kappa shape index (κ2) is 2.67. The summed E-state index contributed by atoms with van der Waals surface area (Å²) in [6, 6.07) is 0. The summed E-state index contributed by atoms with van der Waals surface area (Å²) in [6.45, 7) is 4.07. The van der Waals surface area contributed by atoms with Crippen LogP contribution in [0, 0.1) is 0 Å². The Morgan fingerprint density at radius 3 is 2.22 bits per heavy atom. The molecule has 0 radical (unpaired) electrons. The Hall–Kier alpha value is -0.0800. The van der Waals surface area contributed by atoms with Crippen LogP contribution in [0.3, 0.4) is 0 Å². The molecule has 0 saturated carbocycles. The van der Waals surface area contributed by atoms with Crippen molar-refractivity contribution in [2.24, 2.45) is 0 Å². The average Bonchev–Trinajstić information content (AvgIpc) is 1.90. The molecule has 1 fully saturated rings. The Balaban J connectivity index is 2.37. The molecule has 0 atom stereocenters. The van der Waals surface area contributed by atoms with Gasteiger partial charge in [-0.05, 0) is 26.8 Å². The van der Waals surface area contributed by atoms with Crippen molar-refractivity contribution in [3.05, 3.63) is 0 Å². The molecule has 0 amide bonds. The molecule has 0 aromatic heterocycles. The highest BCUT2D eigenvalue weighted by Gasteiger charge is 2.24. The minimum absolute atomic E-state index is 0.345. The third kappa shape index (κ3) is 1.66. The average molecular weight is 129 g/mol. The molecule has 1 heterocycles. The second-order valence-electron chi connectivity index (χ2n) is 2.92. The molecule has 1 rings (SSSR count). The van der Waals surface area contributed by atoms with Gasteiger partial charge in [0.05, 0.1) is 0 Å². The molecule has 0 bridgehead atoms. The molecule has 1 N–H and O–H groups in total. The van der Waals surface area contributed by atoms with Crippen LogP contribution in [-0.4, -0.2) is 25.8 Å². The molecule has 1 aliphatic heterocycles. The number of ether oxygens (including phenoxy) is 1. The number of hydrogen-bond donors (Lipinski definition) is 1. The first-order valence-corrected chi connectivity index (χ1v) is 3.53. The van der Waals surface area contributed by atoms with Gasteiger partial charge in [-0.2, -0.15) is 0 Å². The third-order valence-electron chi connectivity index (χ3n) is 2.20. The summed E-state index contributed by atoms with van der Waals surface area (Å²) in [7, 11) is 2.02. The lowest BCUT2D eigenvalue weighted by Gasteiger charge is -2.32. The van der Waals surface area contributed by atoms with Crippen LogP contribution in [0.25, 0.3) is 0 Å². The Labute approximate surface area is 56.6 Å². The van der Waals surface area contributed by atoms with Crippen molar-refractivity contribution in [1.29, 1.82) is 0 Å². The van der Waals surface area contributed by atoms with E-state index in [1.807, 2.05) is 7.05 Å². The lowest BCUT2D eigenvalue weighted by atomic mass is 9.93. The summed E-state index contributed by atoms with van der Waals surface area (Å²) >= 11 is 0. The van der Waals surface area contributed by atoms with Crippen LogP contribution in [0.1, 0.15) is 19.8 Å². The van der Waals surface area contributed by atoms with E-state index in [0.717, 1.165) is 26.1 Å². The fourth-order valence-corrected chi connectivity index (χ4v) is 1.07. The molecule has 9 heavy (non-hydrogen) atoms. The van der Waals surface area contributed by atoms with E-state index < -0.39 is 0 Å². The number of rotatable bonds is 1. The van der Waals surface area contributed by atoms with E-state index in [9.17, 15) is 0 Å². The second-order valence-corrected chi connectivity index (χ2v) is 2.92. The van der Waals surface area contributed by atoms with Crippen LogP contribution in [-0.2, 0) is 4.74 Å². The van der Waals surface area contributed by atoms with Crippen LogP contribution in [0.4, 0.5) is 0 Å². The number of nitrogens with one attached hydrogen (secondary N) is 1. The van der Waals surface area contributed by atoms with Crippen molar-refractivity contribution in [3.63, 3.8) is 0 Å². The molecule has 54 valence electrons. The van der Waals surface area contributed by atoms with Gasteiger partial charge in [0.25, 0.3) is 0 Å². The topological polar surface area (TPSA) is 21.3 Å². The molecule has 0 aromatic rings. The van der Waals surface area contributed by atoms with E-state index in [-0.39, 0.29) is 0 Å². The summed E-state index contributed by atoms with van der Waals surface area (Å²) in [6.07, 6.45) is 2.28. The van der Waals surface area contributed by atoms with Crippen molar-refractivity contribution in [1.82, 2.24) is 5.32 Å². The van der Waals surface area contributed by atoms with Gasteiger partial charge in [-0.25, -0.2) is 0 Å². The van der Waals surface area contributed by atoms with Crippen molar-refractivity contribution < 1.29 is 4.74 Å². The first kappa shape index (κ1) is 7.03. The standard InChI is InChI=1S/C7H15NO/c1-7(8-2)3-5-9-6-4-7/h8H,3-6H2,1-2H3. The van der Waals surface area contributed by atoms with E-state index >= 15 is 0 Å². The molecule has 0 unspecified atom stereocenters. The van der Waals surface area contributed by atoms with E-state index in [1.165, 1.54) is 0 Å². The predicted molar refractivity (Wildman–Crippen MR) is 37.5 cm³/mol. The summed E-state index contributed by atoms with van der Waals surface area (Å²) < 4.78 is 5.23. The zero-order valence-electron chi connectivity index (χ0n) is 6.24. The molecule has 0 aliphatic carbocycles. The highest BCUT2D eigenvalue weighted by atomic mass is 16.5. The van der Waals surface area contributed by atoms with Gasteiger partial charge in [-0.3, -0.25) is 0 Å². The summed E-state index contributed by atoms with van der Waals surface area (Å²) in [5.74, 6) is 0. The molecule has 0 spiro atoms. The van der Waals surface area contributed by atoms with Crippen LogP contribution >= 0.6 is 0 Å². The van der Waals surface area contributed by atoms with Gasteiger partial charge in [0.1, 0.15) is 0 Å². The molecule has 1 saturated heterocycles. The fourth-order valence-electron chi connectivity index (χ4n) is 1.07. The SMILES string of the molecule is CNC1(C)CCOCC1. The Morgan fingerprint density at radius 2 is 1.89 bits per heavy atom. The Morgan fingerprint density at radius 1 is 1.33 bits per heavy atom. The smallest absolute Gasteiger partial charge is 0.0483 e.